The minimum atomic E-state index is 0.298. The highest BCUT2D eigenvalue weighted by atomic mass is 32.2. The van der Waals surface area contributed by atoms with Gasteiger partial charge in [0.05, 0.1) is 5.60 Å². The SMILES string of the molecule is CSC1CCC(NC2CCOC3(CCC3)C2)CC1. The normalized spacial score (nSPS) is 39.5. The lowest BCUT2D eigenvalue weighted by Gasteiger charge is -2.48. The maximum Gasteiger partial charge on any atom is 0.0697 e. The van der Waals surface area contributed by atoms with E-state index in [9.17, 15) is 0 Å². The van der Waals surface area contributed by atoms with Crippen molar-refractivity contribution in [1.82, 2.24) is 5.32 Å². The van der Waals surface area contributed by atoms with E-state index in [0.717, 1.165) is 23.9 Å². The van der Waals surface area contributed by atoms with Crippen LogP contribution in [0.25, 0.3) is 0 Å². The first-order chi connectivity index (χ1) is 8.80. The van der Waals surface area contributed by atoms with Crippen LogP contribution in [0.5, 0.6) is 0 Å². The van der Waals surface area contributed by atoms with Crippen molar-refractivity contribution in [2.75, 3.05) is 12.9 Å². The molecular formula is C15H27NOS. The summed E-state index contributed by atoms with van der Waals surface area (Å²) >= 11 is 2.06. The van der Waals surface area contributed by atoms with Gasteiger partial charge in [0.15, 0.2) is 0 Å². The molecule has 2 aliphatic carbocycles. The van der Waals surface area contributed by atoms with E-state index in [-0.39, 0.29) is 0 Å². The Balaban J connectivity index is 1.45. The zero-order valence-electron chi connectivity index (χ0n) is 11.6. The van der Waals surface area contributed by atoms with E-state index in [0.29, 0.717) is 5.60 Å². The number of rotatable bonds is 3. The number of ether oxygens (including phenoxy) is 1. The molecule has 2 saturated carbocycles. The monoisotopic (exact) mass is 269 g/mol. The Labute approximate surface area is 116 Å². The molecule has 2 nitrogen and oxygen atoms in total. The topological polar surface area (TPSA) is 21.3 Å². The zero-order valence-corrected chi connectivity index (χ0v) is 12.4. The van der Waals surface area contributed by atoms with Crippen LogP contribution >= 0.6 is 11.8 Å². The highest BCUT2D eigenvalue weighted by Gasteiger charge is 2.42. The van der Waals surface area contributed by atoms with Gasteiger partial charge in [-0.1, -0.05) is 0 Å². The third kappa shape index (κ3) is 2.88. The summed E-state index contributed by atoms with van der Waals surface area (Å²) in [6.07, 6.45) is 14.4. The van der Waals surface area contributed by atoms with Crippen LogP contribution in [0.4, 0.5) is 0 Å². The third-order valence-electron chi connectivity index (χ3n) is 5.24. The van der Waals surface area contributed by atoms with E-state index in [2.05, 4.69) is 23.3 Å². The lowest BCUT2D eigenvalue weighted by molar-refractivity contribution is -0.136. The predicted octanol–water partition coefficient (Wildman–Crippen LogP) is 3.35. The fraction of sp³-hybridized carbons (Fsp3) is 1.00. The summed E-state index contributed by atoms with van der Waals surface area (Å²) in [5, 5.41) is 4.86. The van der Waals surface area contributed by atoms with Crippen molar-refractivity contribution in [3.05, 3.63) is 0 Å². The Morgan fingerprint density at radius 3 is 2.44 bits per heavy atom. The second-order valence-electron chi connectivity index (χ2n) is 6.45. The second kappa shape index (κ2) is 5.72. The van der Waals surface area contributed by atoms with E-state index in [4.69, 9.17) is 4.74 Å². The predicted molar refractivity (Wildman–Crippen MR) is 78.3 cm³/mol. The zero-order chi connectivity index (χ0) is 12.4. The Morgan fingerprint density at radius 1 is 1.06 bits per heavy atom. The van der Waals surface area contributed by atoms with E-state index < -0.39 is 0 Å². The maximum atomic E-state index is 6.01. The Bertz CT molecular complexity index is 272. The van der Waals surface area contributed by atoms with Gasteiger partial charge in [-0.3, -0.25) is 0 Å². The van der Waals surface area contributed by atoms with Crippen molar-refractivity contribution in [2.45, 2.75) is 80.7 Å². The van der Waals surface area contributed by atoms with Crippen LogP contribution in [0.3, 0.4) is 0 Å². The van der Waals surface area contributed by atoms with Crippen molar-refractivity contribution >= 4 is 11.8 Å². The van der Waals surface area contributed by atoms with Gasteiger partial charge < -0.3 is 10.1 Å². The Kier molecular flexibility index (Phi) is 4.21. The number of hydrogen-bond acceptors (Lipinski definition) is 3. The molecule has 104 valence electrons. The lowest BCUT2D eigenvalue weighted by Crippen LogP contribution is -2.53. The van der Waals surface area contributed by atoms with Crippen LogP contribution in [0.1, 0.15) is 57.8 Å². The Morgan fingerprint density at radius 2 is 1.83 bits per heavy atom. The molecule has 0 amide bonds. The standard InChI is InChI=1S/C15H27NOS/c1-18-14-5-3-12(4-6-14)16-13-7-10-17-15(11-13)8-2-9-15/h12-14,16H,2-11H2,1H3. The largest absolute Gasteiger partial charge is 0.375 e. The molecular weight excluding hydrogens is 242 g/mol. The highest BCUT2D eigenvalue weighted by molar-refractivity contribution is 7.99. The molecule has 1 N–H and O–H groups in total. The molecule has 18 heavy (non-hydrogen) atoms. The first-order valence-electron chi connectivity index (χ1n) is 7.72. The van der Waals surface area contributed by atoms with Gasteiger partial charge in [-0.25, -0.2) is 0 Å². The molecule has 0 aromatic rings. The minimum absolute atomic E-state index is 0.298. The summed E-state index contributed by atoms with van der Waals surface area (Å²) in [6, 6.07) is 1.52. The van der Waals surface area contributed by atoms with Gasteiger partial charge in [-0.05, 0) is 64.0 Å². The summed E-state index contributed by atoms with van der Waals surface area (Å²) in [6.45, 7) is 0.984. The van der Waals surface area contributed by atoms with Gasteiger partial charge in [-0.2, -0.15) is 11.8 Å². The molecule has 3 fully saturated rings. The van der Waals surface area contributed by atoms with Gasteiger partial charge in [0.2, 0.25) is 0 Å². The molecule has 0 aromatic heterocycles. The van der Waals surface area contributed by atoms with Gasteiger partial charge in [0, 0.05) is 23.9 Å². The molecule has 3 heteroatoms. The molecule has 1 unspecified atom stereocenters. The van der Waals surface area contributed by atoms with Gasteiger partial charge in [-0.15, -0.1) is 0 Å². The van der Waals surface area contributed by atoms with Crippen LogP contribution in [-0.4, -0.2) is 35.8 Å². The molecule has 0 aromatic carbocycles. The lowest BCUT2D eigenvalue weighted by atomic mass is 9.73. The first-order valence-corrected chi connectivity index (χ1v) is 9.01. The van der Waals surface area contributed by atoms with E-state index in [1.165, 1.54) is 57.8 Å². The van der Waals surface area contributed by atoms with Crippen LogP contribution < -0.4 is 5.32 Å². The van der Waals surface area contributed by atoms with Crippen molar-refractivity contribution in [2.24, 2.45) is 0 Å². The van der Waals surface area contributed by atoms with Crippen LogP contribution in [0.15, 0.2) is 0 Å². The van der Waals surface area contributed by atoms with E-state index in [1.54, 1.807) is 0 Å². The summed E-state index contributed by atoms with van der Waals surface area (Å²) < 4.78 is 6.01. The Hall–Kier alpha value is 0.270. The van der Waals surface area contributed by atoms with Gasteiger partial charge >= 0.3 is 0 Å². The smallest absolute Gasteiger partial charge is 0.0697 e. The van der Waals surface area contributed by atoms with Gasteiger partial charge in [0.25, 0.3) is 0 Å². The summed E-state index contributed by atoms with van der Waals surface area (Å²) in [5.74, 6) is 0. The number of nitrogens with one attached hydrogen (secondary N) is 1. The van der Waals surface area contributed by atoms with Crippen molar-refractivity contribution < 1.29 is 4.74 Å². The number of hydrogen-bond donors (Lipinski definition) is 1. The quantitative estimate of drug-likeness (QED) is 0.849. The van der Waals surface area contributed by atoms with Crippen LogP contribution in [-0.2, 0) is 4.74 Å². The minimum Gasteiger partial charge on any atom is -0.375 e. The fourth-order valence-corrected chi connectivity index (χ4v) is 4.63. The average Bonchev–Trinajstić information content (AvgIpc) is 2.38. The molecule has 0 radical (unpaired) electrons. The summed E-state index contributed by atoms with van der Waals surface area (Å²) in [4.78, 5) is 0. The molecule has 1 aliphatic heterocycles. The molecule has 1 atom stereocenters. The third-order valence-corrected chi connectivity index (χ3v) is 6.37. The van der Waals surface area contributed by atoms with Crippen molar-refractivity contribution in [3.63, 3.8) is 0 Å². The molecule has 3 rings (SSSR count). The highest BCUT2D eigenvalue weighted by Crippen LogP contribution is 2.42. The van der Waals surface area contributed by atoms with E-state index >= 15 is 0 Å². The number of thioether (sulfide) groups is 1. The average molecular weight is 269 g/mol. The fourth-order valence-electron chi connectivity index (χ4n) is 3.89. The molecule has 1 heterocycles. The molecule has 1 spiro atoms. The van der Waals surface area contributed by atoms with E-state index in [1.807, 2.05) is 0 Å². The molecule has 3 aliphatic rings. The summed E-state index contributed by atoms with van der Waals surface area (Å²) in [7, 11) is 0. The maximum absolute atomic E-state index is 6.01. The molecule has 0 bridgehead atoms. The van der Waals surface area contributed by atoms with Crippen molar-refractivity contribution in [3.8, 4) is 0 Å². The van der Waals surface area contributed by atoms with Crippen LogP contribution in [0.2, 0.25) is 0 Å². The summed E-state index contributed by atoms with van der Waals surface area (Å²) in [5.41, 5.74) is 0.298. The second-order valence-corrected chi connectivity index (χ2v) is 7.59. The van der Waals surface area contributed by atoms with Crippen LogP contribution in [0, 0.1) is 0 Å². The first kappa shape index (κ1) is 13.3. The van der Waals surface area contributed by atoms with Gasteiger partial charge in [0.1, 0.15) is 0 Å². The van der Waals surface area contributed by atoms with Crippen molar-refractivity contribution in [1.29, 1.82) is 0 Å². The molecule has 1 saturated heterocycles.